The van der Waals surface area contributed by atoms with Crippen LogP contribution in [-0.2, 0) is 23.0 Å². The third kappa shape index (κ3) is 3.49. The molecule has 1 atom stereocenters. The van der Waals surface area contributed by atoms with E-state index < -0.39 is 12.1 Å². The Bertz CT molecular complexity index is 496. The van der Waals surface area contributed by atoms with Gasteiger partial charge in [-0.1, -0.05) is 13.8 Å². The molecule has 112 valence electrons. The molecule has 3 N–H and O–H groups in total. The van der Waals surface area contributed by atoms with Crippen molar-refractivity contribution in [3.63, 3.8) is 0 Å². The minimum absolute atomic E-state index is 0.178. The molecule has 0 aliphatic rings. The minimum Gasteiger partial charge on any atom is -0.448 e. The van der Waals surface area contributed by atoms with Crippen LogP contribution in [0.2, 0.25) is 0 Å². The Balaban J connectivity index is 2.76. The molecule has 0 bridgehead atoms. The second-order valence-corrected chi connectivity index (χ2v) is 4.52. The van der Waals surface area contributed by atoms with Crippen LogP contribution in [0.15, 0.2) is 0 Å². The second-order valence-electron chi connectivity index (χ2n) is 4.52. The molecule has 1 unspecified atom stereocenters. The summed E-state index contributed by atoms with van der Waals surface area (Å²) in [6, 6.07) is 0. The molecule has 1 aromatic heterocycles. The smallest absolute Gasteiger partial charge is 0.359 e. The molecule has 0 aromatic carbocycles. The first-order valence-electron chi connectivity index (χ1n) is 6.72. The first-order valence-corrected chi connectivity index (χ1v) is 6.72. The number of carbonyl (C=O) groups is 2. The molecule has 1 rings (SSSR count). The minimum atomic E-state index is -0.867. The van der Waals surface area contributed by atoms with E-state index in [9.17, 15) is 9.59 Å². The summed E-state index contributed by atoms with van der Waals surface area (Å²) in [6.45, 7) is 5.92. The average Bonchev–Trinajstić information content (AvgIpc) is 2.70. The quantitative estimate of drug-likeness (QED) is 0.746. The molecule has 0 radical (unpaired) electrons. The van der Waals surface area contributed by atoms with E-state index in [-0.39, 0.29) is 11.6 Å². The lowest BCUT2D eigenvalue weighted by Crippen LogP contribution is -2.36. The number of ether oxygens (including phenoxy) is 1. The van der Waals surface area contributed by atoms with Gasteiger partial charge in [-0.05, 0) is 19.8 Å². The highest BCUT2D eigenvalue weighted by molar-refractivity contribution is 5.95. The topological polar surface area (TPSA) is 99.2 Å². The van der Waals surface area contributed by atoms with E-state index in [1.807, 2.05) is 13.8 Å². The molecule has 0 aliphatic carbocycles. The molecule has 7 nitrogen and oxygen atoms in total. The number of nitrogens with one attached hydrogen (secondary N) is 1. The lowest BCUT2D eigenvalue weighted by molar-refractivity contribution is -0.129. The normalized spacial score (nSPS) is 12.0. The van der Waals surface area contributed by atoms with Crippen molar-refractivity contribution in [2.24, 2.45) is 7.05 Å². The van der Waals surface area contributed by atoms with Gasteiger partial charge in [0.25, 0.3) is 5.91 Å². The Kier molecular flexibility index (Phi) is 5.54. The summed E-state index contributed by atoms with van der Waals surface area (Å²) in [6.07, 6.45) is 0.578. The van der Waals surface area contributed by atoms with Gasteiger partial charge in [0.05, 0.1) is 11.4 Å². The zero-order chi connectivity index (χ0) is 15.3. The standard InChI is InChI=1S/C13H22N4O3/c1-5-7-15-12(18)8(3)20-13(19)11-10(14)9(6-2)16-17(11)4/h8H,5-7,14H2,1-4H3,(H,15,18). The lowest BCUT2D eigenvalue weighted by Gasteiger charge is -2.13. The Labute approximate surface area is 118 Å². The highest BCUT2D eigenvalue weighted by atomic mass is 16.5. The van der Waals surface area contributed by atoms with Gasteiger partial charge < -0.3 is 15.8 Å². The third-order valence-corrected chi connectivity index (χ3v) is 2.89. The van der Waals surface area contributed by atoms with Gasteiger partial charge in [-0.2, -0.15) is 5.10 Å². The Morgan fingerprint density at radius 3 is 2.60 bits per heavy atom. The third-order valence-electron chi connectivity index (χ3n) is 2.89. The Morgan fingerprint density at radius 2 is 2.10 bits per heavy atom. The zero-order valence-corrected chi connectivity index (χ0v) is 12.4. The molecule has 0 fully saturated rings. The van der Waals surface area contributed by atoms with Gasteiger partial charge in [0, 0.05) is 13.6 Å². The van der Waals surface area contributed by atoms with Crippen LogP contribution in [0.3, 0.4) is 0 Å². The molecular weight excluding hydrogens is 260 g/mol. The maximum atomic E-state index is 12.1. The molecule has 7 heteroatoms. The van der Waals surface area contributed by atoms with Gasteiger partial charge in [-0.3, -0.25) is 9.48 Å². The summed E-state index contributed by atoms with van der Waals surface area (Å²) in [4.78, 5) is 23.7. The number of esters is 1. The Morgan fingerprint density at radius 1 is 1.45 bits per heavy atom. The van der Waals surface area contributed by atoms with Crippen LogP contribution in [0.5, 0.6) is 0 Å². The first kappa shape index (κ1) is 16.0. The van der Waals surface area contributed by atoms with Crippen molar-refractivity contribution in [2.45, 2.75) is 39.7 Å². The monoisotopic (exact) mass is 282 g/mol. The summed E-state index contributed by atoms with van der Waals surface area (Å²) >= 11 is 0. The summed E-state index contributed by atoms with van der Waals surface area (Å²) in [5, 5.41) is 6.81. The van der Waals surface area contributed by atoms with Crippen molar-refractivity contribution in [3.05, 3.63) is 11.4 Å². The summed E-state index contributed by atoms with van der Waals surface area (Å²) < 4.78 is 6.51. The van der Waals surface area contributed by atoms with Crippen molar-refractivity contribution in [2.75, 3.05) is 12.3 Å². The van der Waals surface area contributed by atoms with Gasteiger partial charge in [0.2, 0.25) is 0 Å². The SMILES string of the molecule is CCCNC(=O)C(C)OC(=O)c1c(N)c(CC)nn1C. The number of aromatic nitrogens is 2. The van der Waals surface area contributed by atoms with E-state index in [0.29, 0.717) is 24.3 Å². The van der Waals surface area contributed by atoms with Crippen LogP contribution in [0.1, 0.15) is 43.4 Å². The van der Waals surface area contributed by atoms with Crippen molar-refractivity contribution >= 4 is 17.6 Å². The van der Waals surface area contributed by atoms with E-state index >= 15 is 0 Å². The van der Waals surface area contributed by atoms with Crippen LogP contribution >= 0.6 is 0 Å². The maximum absolute atomic E-state index is 12.1. The fraction of sp³-hybridized carbons (Fsp3) is 0.615. The number of amides is 1. The van der Waals surface area contributed by atoms with Crippen LogP contribution in [-0.4, -0.2) is 34.3 Å². The van der Waals surface area contributed by atoms with E-state index in [1.54, 1.807) is 7.05 Å². The number of nitrogen functional groups attached to an aromatic ring is 1. The molecule has 1 heterocycles. The predicted octanol–water partition coefficient (Wildman–Crippen LogP) is 0.636. The van der Waals surface area contributed by atoms with Crippen LogP contribution in [0.4, 0.5) is 5.69 Å². The first-order chi connectivity index (χ1) is 9.42. The largest absolute Gasteiger partial charge is 0.448 e. The molecule has 20 heavy (non-hydrogen) atoms. The fourth-order valence-corrected chi connectivity index (χ4v) is 1.76. The van der Waals surface area contributed by atoms with Crippen LogP contribution in [0.25, 0.3) is 0 Å². The average molecular weight is 282 g/mol. The van der Waals surface area contributed by atoms with E-state index in [2.05, 4.69) is 10.4 Å². The molecule has 1 aromatic rings. The second kappa shape index (κ2) is 6.93. The van der Waals surface area contributed by atoms with Crippen molar-refractivity contribution in [3.8, 4) is 0 Å². The zero-order valence-electron chi connectivity index (χ0n) is 12.4. The number of aryl methyl sites for hydroxylation is 2. The number of nitrogens with zero attached hydrogens (tertiary/aromatic N) is 2. The van der Waals surface area contributed by atoms with Crippen LogP contribution < -0.4 is 11.1 Å². The number of carbonyl (C=O) groups excluding carboxylic acids is 2. The van der Waals surface area contributed by atoms with Gasteiger partial charge in [-0.15, -0.1) is 0 Å². The number of hydrogen-bond acceptors (Lipinski definition) is 5. The fourth-order valence-electron chi connectivity index (χ4n) is 1.76. The van der Waals surface area contributed by atoms with E-state index in [4.69, 9.17) is 10.5 Å². The predicted molar refractivity (Wildman–Crippen MR) is 75.2 cm³/mol. The molecule has 0 saturated carbocycles. The maximum Gasteiger partial charge on any atom is 0.359 e. The molecular formula is C13H22N4O3. The van der Waals surface area contributed by atoms with Gasteiger partial charge in [0.15, 0.2) is 11.8 Å². The highest BCUT2D eigenvalue weighted by Gasteiger charge is 2.24. The van der Waals surface area contributed by atoms with E-state index in [1.165, 1.54) is 11.6 Å². The molecule has 0 spiro atoms. The highest BCUT2D eigenvalue weighted by Crippen LogP contribution is 2.18. The summed E-state index contributed by atoms with van der Waals surface area (Å²) in [7, 11) is 1.62. The molecule has 0 saturated heterocycles. The molecule has 1 amide bonds. The lowest BCUT2D eigenvalue weighted by atomic mass is 10.2. The number of anilines is 1. The Hall–Kier alpha value is -2.05. The van der Waals surface area contributed by atoms with Gasteiger partial charge >= 0.3 is 5.97 Å². The number of nitrogens with two attached hydrogens (primary N) is 1. The number of rotatable bonds is 6. The van der Waals surface area contributed by atoms with Crippen molar-refractivity contribution in [1.29, 1.82) is 0 Å². The molecule has 0 aliphatic heterocycles. The van der Waals surface area contributed by atoms with Crippen molar-refractivity contribution < 1.29 is 14.3 Å². The number of hydrogen-bond donors (Lipinski definition) is 2. The van der Waals surface area contributed by atoms with Gasteiger partial charge in [0.1, 0.15) is 0 Å². The summed E-state index contributed by atoms with van der Waals surface area (Å²) in [5.74, 6) is -0.965. The summed E-state index contributed by atoms with van der Waals surface area (Å²) in [5.41, 5.74) is 6.99. The van der Waals surface area contributed by atoms with Gasteiger partial charge in [-0.25, -0.2) is 4.79 Å². The van der Waals surface area contributed by atoms with E-state index in [0.717, 1.165) is 6.42 Å². The van der Waals surface area contributed by atoms with Crippen LogP contribution in [0, 0.1) is 0 Å². The van der Waals surface area contributed by atoms with Crippen molar-refractivity contribution in [1.82, 2.24) is 15.1 Å².